The topological polar surface area (TPSA) is 52.7 Å². The van der Waals surface area contributed by atoms with Gasteiger partial charge in [-0.25, -0.2) is 0 Å². The molecule has 1 aliphatic heterocycles. The molecule has 2 rings (SSSR count). The summed E-state index contributed by atoms with van der Waals surface area (Å²) in [6, 6.07) is 7.11. The van der Waals surface area contributed by atoms with E-state index in [1.54, 1.807) is 18.0 Å². The number of hydrogen-bond acceptors (Lipinski definition) is 3. The standard InChI is InChI=1S/C15H20ClN3O2/c1-11(12-5-3-4-6-13(12)16)18(2)14(20)15(21)19-9-7-17-8-10-19/h3-6,11,17H,7-10H2,1-2H3. The van der Waals surface area contributed by atoms with Crippen molar-refractivity contribution in [1.82, 2.24) is 15.1 Å². The summed E-state index contributed by atoms with van der Waals surface area (Å²) in [5.74, 6) is -0.942. The van der Waals surface area contributed by atoms with Crippen molar-refractivity contribution in [2.75, 3.05) is 33.2 Å². The fourth-order valence-corrected chi connectivity index (χ4v) is 2.65. The summed E-state index contributed by atoms with van der Waals surface area (Å²) in [5.41, 5.74) is 0.836. The van der Waals surface area contributed by atoms with E-state index in [4.69, 9.17) is 11.6 Å². The predicted molar refractivity (Wildman–Crippen MR) is 82.1 cm³/mol. The van der Waals surface area contributed by atoms with Gasteiger partial charge in [-0.1, -0.05) is 29.8 Å². The number of rotatable bonds is 2. The minimum Gasteiger partial charge on any atom is -0.332 e. The summed E-state index contributed by atoms with van der Waals surface area (Å²) >= 11 is 6.15. The van der Waals surface area contributed by atoms with E-state index in [1.807, 2.05) is 25.1 Å². The summed E-state index contributed by atoms with van der Waals surface area (Å²) in [6.07, 6.45) is 0. The second kappa shape index (κ2) is 6.91. The molecule has 114 valence electrons. The van der Waals surface area contributed by atoms with E-state index in [9.17, 15) is 9.59 Å². The minimum absolute atomic E-state index is 0.252. The molecule has 1 heterocycles. The highest BCUT2D eigenvalue weighted by Gasteiger charge is 2.29. The number of piperazine rings is 1. The quantitative estimate of drug-likeness (QED) is 0.838. The van der Waals surface area contributed by atoms with Gasteiger partial charge in [0, 0.05) is 38.2 Å². The average molecular weight is 310 g/mol. The van der Waals surface area contributed by atoms with Crippen LogP contribution in [0.2, 0.25) is 5.02 Å². The Kier molecular flexibility index (Phi) is 5.20. The average Bonchev–Trinajstić information content (AvgIpc) is 2.53. The highest BCUT2D eigenvalue weighted by molar-refractivity contribution is 6.35. The van der Waals surface area contributed by atoms with Crippen LogP contribution in [0.5, 0.6) is 0 Å². The molecule has 1 N–H and O–H groups in total. The van der Waals surface area contributed by atoms with Gasteiger partial charge in [0.25, 0.3) is 0 Å². The van der Waals surface area contributed by atoms with Crippen LogP contribution in [0.15, 0.2) is 24.3 Å². The lowest BCUT2D eigenvalue weighted by Gasteiger charge is -2.31. The van der Waals surface area contributed by atoms with Gasteiger partial charge in [-0.05, 0) is 18.6 Å². The van der Waals surface area contributed by atoms with Crippen molar-refractivity contribution in [2.45, 2.75) is 13.0 Å². The molecule has 1 fully saturated rings. The molecular formula is C15H20ClN3O2. The van der Waals surface area contributed by atoms with Crippen molar-refractivity contribution in [3.8, 4) is 0 Å². The highest BCUT2D eigenvalue weighted by atomic mass is 35.5. The Bertz CT molecular complexity index is 529. The van der Waals surface area contributed by atoms with Crippen molar-refractivity contribution in [3.63, 3.8) is 0 Å². The van der Waals surface area contributed by atoms with Gasteiger partial charge >= 0.3 is 11.8 Å². The number of likely N-dealkylation sites (N-methyl/N-ethyl adjacent to an activating group) is 1. The number of amides is 2. The number of carbonyl (C=O) groups is 2. The Hall–Kier alpha value is -1.59. The highest BCUT2D eigenvalue weighted by Crippen LogP contribution is 2.26. The van der Waals surface area contributed by atoms with Crippen molar-refractivity contribution in [3.05, 3.63) is 34.9 Å². The van der Waals surface area contributed by atoms with Crippen LogP contribution in [0.25, 0.3) is 0 Å². The number of carbonyl (C=O) groups excluding carboxylic acids is 2. The fourth-order valence-electron chi connectivity index (χ4n) is 2.35. The lowest BCUT2D eigenvalue weighted by Crippen LogP contribution is -2.51. The molecule has 0 bridgehead atoms. The minimum atomic E-state index is -0.496. The molecule has 0 aromatic heterocycles. The third-order valence-electron chi connectivity index (χ3n) is 3.84. The van der Waals surface area contributed by atoms with Crippen LogP contribution in [0, 0.1) is 0 Å². The van der Waals surface area contributed by atoms with Crippen LogP contribution in [0.1, 0.15) is 18.5 Å². The lowest BCUT2D eigenvalue weighted by atomic mass is 10.1. The first-order valence-electron chi connectivity index (χ1n) is 7.03. The van der Waals surface area contributed by atoms with Crippen LogP contribution in [0.3, 0.4) is 0 Å². The molecule has 5 nitrogen and oxygen atoms in total. The van der Waals surface area contributed by atoms with Crippen molar-refractivity contribution < 1.29 is 9.59 Å². The summed E-state index contributed by atoms with van der Waals surface area (Å²) in [4.78, 5) is 27.6. The molecule has 1 saturated heterocycles. The Balaban J connectivity index is 2.08. The monoisotopic (exact) mass is 309 g/mol. The third kappa shape index (κ3) is 3.54. The second-order valence-electron chi connectivity index (χ2n) is 5.16. The number of nitrogens with zero attached hydrogens (tertiary/aromatic N) is 2. The van der Waals surface area contributed by atoms with Crippen LogP contribution >= 0.6 is 11.6 Å². The van der Waals surface area contributed by atoms with Gasteiger partial charge in [-0.15, -0.1) is 0 Å². The van der Waals surface area contributed by atoms with E-state index in [0.717, 1.165) is 18.7 Å². The normalized spacial score (nSPS) is 16.4. The Labute approximate surface area is 129 Å². The Morgan fingerprint density at radius 2 is 1.90 bits per heavy atom. The zero-order valence-electron chi connectivity index (χ0n) is 12.3. The molecule has 1 aromatic carbocycles. The van der Waals surface area contributed by atoms with E-state index < -0.39 is 11.8 Å². The van der Waals surface area contributed by atoms with Gasteiger partial charge in [0.15, 0.2) is 0 Å². The van der Waals surface area contributed by atoms with Gasteiger partial charge in [0.2, 0.25) is 0 Å². The number of hydrogen-bond donors (Lipinski definition) is 1. The van der Waals surface area contributed by atoms with E-state index in [0.29, 0.717) is 18.1 Å². The van der Waals surface area contributed by atoms with Gasteiger partial charge in [-0.3, -0.25) is 9.59 Å². The van der Waals surface area contributed by atoms with Crippen molar-refractivity contribution in [2.24, 2.45) is 0 Å². The van der Waals surface area contributed by atoms with Gasteiger partial charge in [-0.2, -0.15) is 0 Å². The van der Waals surface area contributed by atoms with Crippen LogP contribution in [-0.2, 0) is 9.59 Å². The summed E-state index contributed by atoms with van der Waals surface area (Å²) in [7, 11) is 1.64. The lowest BCUT2D eigenvalue weighted by molar-refractivity contribution is -0.152. The summed E-state index contributed by atoms with van der Waals surface area (Å²) < 4.78 is 0. The first-order chi connectivity index (χ1) is 10.0. The van der Waals surface area contributed by atoms with Crippen LogP contribution in [-0.4, -0.2) is 54.8 Å². The molecule has 6 heteroatoms. The van der Waals surface area contributed by atoms with Crippen LogP contribution in [0.4, 0.5) is 0 Å². The smallest absolute Gasteiger partial charge is 0.312 e. The molecule has 0 saturated carbocycles. The van der Waals surface area contributed by atoms with E-state index in [2.05, 4.69) is 5.32 Å². The summed E-state index contributed by atoms with van der Waals surface area (Å²) in [5, 5.41) is 3.75. The van der Waals surface area contributed by atoms with Gasteiger partial charge in [0.1, 0.15) is 0 Å². The SMILES string of the molecule is CC(c1ccccc1Cl)N(C)C(=O)C(=O)N1CCNCC1. The molecule has 0 spiro atoms. The fraction of sp³-hybridized carbons (Fsp3) is 0.467. The van der Waals surface area contributed by atoms with E-state index in [1.165, 1.54) is 4.90 Å². The van der Waals surface area contributed by atoms with Crippen molar-refractivity contribution in [1.29, 1.82) is 0 Å². The molecule has 1 unspecified atom stereocenters. The number of benzene rings is 1. The van der Waals surface area contributed by atoms with E-state index in [-0.39, 0.29) is 6.04 Å². The predicted octanol–water partition coefficient (Wildman–Crippen LogP) is 1.29. The van der Waals surface area contributed by atoms with Gasteiger partial charge < -0.3 is 15.1 Å². The first-order valence-corrected chi connectivity index (χ1v) is 7.41. The third-order valence-corrected chi connectivity index (χ3v) is 4.19. The zero-order valence-corrected chi connectivity index (χ0v) is 13.1. The number of nitrogens with one attached hydrogen (secondary N) is 1. The molecule has 1 atom stereocenters. The van der Waals surface area contributed by atoms with Gasteiger partial charge in [0.05, 0.1) is 6.04 Å². The zero-order chi connectivity index (χ0) is 15.4. The molecule has 1 aliphatic rings. The maximum Gasteiger partial charge on any atom is 0.312 e. The summed E-state index contributed by atoms with van der Waals surface area (Å²) in [6.45, 7) is 4.45. The molecular weight excluding hydrogens is 290 g/mol. The maximum atomic E-state index is 12.3. The first kappa shape index (κ1) is 15.8. The molecule has 0 radical (unpaired) electrons. The number of halogens is 1. The van der Waals surface area contributed by atoms with E-state index >= 15 is 0 Å². The molecule has 1 aromatic rings. The van der Waals surface area contributed by atoms with Crippen LogP contribution < -0.4 is 5.32 Å². The molecule has 2 amide bonds. The largest absolute Gasteiger partial charge is 0.332 e. The molecule has 0 aliphatic carbocycles. The maximum absolute atomic E-state index is 12.3. The Morgan fingerprint density at radius 1 is 1.29 bits per heavy atom. The van der Waals surface area contributed by atoms with Crippen molar-refractivity contribution >= 4 is 23.4 Å². The second-order valence-corrected chi connectivity index (χ2v) is 5.56. The molecule has 21 heavy (non-hydrogen) atoms. The Morgan fingerprint density at radius 3 is 2.52 bits per heavy atom.